The van der Waals surface area contributed by atoms with E-state index in [9.17, 15) is 0 Å². The number of rotatable bonds is 3. The van der Waals surface area contributed by atoms with Crippen molar-refractivity contribution in [3.8, 4) is 0 Å². The van der Waals surface area contributed by atoms with Crippen molar-refractivity contribution in [1.29, 1.82) is 0 Å². The summed E-state index contributed by atoms with van der Waals surface area (Å²) in [5.74, 6) is 0.572. The first kappa shape index (κ1) is 8.70. The highest BCUT2D eigenvalue weighted by atomic mass is 14.6. The third-order valence-electron chi connectivity index (χ3n) is 1.57. The van der Waals surface area contributed by atoms with Gasteiger partial charge >= 0.3 is 0 Å². The number of nitrogens with two attached hydrogens (primary N) is 1. The molecule has 0 fully saturated rings. The molecule has 0 bridgehead atoms. The van der Waals surface area contributed by atoms with E-state index in [4.69, 9.17) is 5.73 Å². The van der Waals surface area contributed by atoms with Gasteiger partial charge in [-0.2, -0.15) is 0 Å². The van der Waals surface area contributed by atoms with Crippen molar-refractivity contribution in [2.45, 2.75) is 33.2 Å². The molecule has 0 aromatic heterocycles. The topological polar surface area (TPSA) is 26.0 Å². The molecule has 0 aliphatic rings. The van der Waals surface area contributed by atoms with Crippen LogP contribution in [0.15, 0.2) is 12.2 Å². The summed E-state index contributed by atoms with van der Waals surface area (Å²) in [5.41, 5.74) is 6.87. The molecular weight excluding hydrogens is 110 g/mol. The monoisotopic (exact) mass is 127 g/mol. The van der Waals surface area contributed by atoms with Crippen LogP contribution < -0.4 is 5.73 Å². The second kappa shape index (κ2) is 3.67. The van der Waals surface area contributed by atoms with E-state index in [2.05, 4.69) is 13.5 Å². The molecule has 2 atom stereocenters. The minimum atomic E-state index is 0.293. The van der Waals surface area contributed by atoms with Gasteiger partial charge in [-0.15, -0.1) is 6.58 Å². The zero-order valence-electron chi connectivity index (χ0n) is 6.65. The van der Waals surface area contributed by atoms with Crippen molar-refractivity contribution in [3.63, 3.8) is 0 Å². The SMILES string of the molecule is C=C(C)C[C@@H](C)[C@@H](C)N. The summed E-state index contributed by atoms with van der Waals surface area (Å²) in [4.78, 5) is 0. The maximum atomic E-state index is 5.64. The Labute approximate surface area is 57.9 Å². The third kappa shape index (κ3) is 4.22. The molecular formula is C8H17N. The Balaban J connectivity index is 3.50. The van der Waals surface area contributed by atoms with Crippen LogP contribution in [0.2, 0.25) is 0 Å². The van der Waals surface area contributed by atoms with Gasteiger partial charge in [0.05, 0.1) is 0 Å². The van der Waals surface area contributed by atoms with Crippen molar-refractivity contribution in [2.24, 2.45) is 11.7 Å². The summed E-state index contributed by atoms with van der Waals surface area (Å²) in [6.07, 6.45) is 1.05. The molecule has 2 N–H and O–H groups in total. The molecule has 0 radical (unpaired) electrons. The summed E-state index contributed by atoms with van der Waals surface area (Å²) in [6.45, 7) is 10.0. The summed E-state index contributed by atoms with van der Waals surface area (Å²) < 4.78 is 0. The molecule has 0 aliphatic carbocycles. The Hall–Kier alpha value is -0.300. The highest BCUT2D eigenvalue weighted by Gasteiger charge is 2.05. The highest BCUT2D eigenvalue weighted by Crippen LogP contribution is 2.10. The molecule has 0 aromatic rings. The van der Waals surface area contributed by atoms with Gasteiger partial charge in [0.1, 0.15) is 0 Å². The van der Waals surface area contributed by atoms with Crippen LogP contribution in [-0.2, 0) is 0 Å². The molecule has 0 spiro atoms. The maximum Gasteiger partial charge on any atom is 0.00391 e. The maximum absolute atomic E-state index is 5.64. The minimum Gasteiger partial charge on any atom is -0.328 e. The van der Waals surface area contributed by atoms with Crippen molar-refractivity contribution >= 4 is 0 Å². The average Bonchev–Trinajstić information content (AvgIpc) is 1.63. The van der Waals surface area contributed by atoms with Crippen molar-refractivity contribution in [3.05, 3.63) is 12.2 Å². The lowest BCUT2D eigenvalue weighted by molar-refractivity contribution is 0.480. The molecule has 1 heteroatoms. The van der Waals surface area contributed by atoms with Crippen LogP contribution in [-0.4, -0.2) is 6.04 Å². The van der Waals surface area contributed by atoms with Gasteiger partial charge in [0.2, 0.25) is 0 Å². The largest absolute Gasteiger partial charge is 0.328 e. The molecule has 0 saturated carbocycles. The minimum absolute atomic E-state index is 0.293. The van der Waals surface area contributed by atoms with E-state index < -0.39 is 0 Å². The van der Waals surface area contributed by atoms with Gasteiger partial charge < -0.3 is 5.73 Å². The normalized spacial score (nSPS) is 16.9. The molecule has 0 unspecified atom stereocenters. The second-order valence-electron chi connectivity index (χ2n) is 3.00. The standard InChI is InChI=1S/C8H17N/c1-6(2)5-7(3)8(4)9/h7-8H,1,5,9H2,2-4H3/t7-,8-/m1/s1. The molecule has 0 amide bonds. The first-order chi connectivity index (χ1) is 4.04. The average molecular weight is 127 g/mol. The van der Waals surface area contributed by atoms with Crippen molar-refractivity contribution < 1.29 is 0 Å². The van der Waals surface area contributed by atoms with Crippen LogP contribution in [0.1, 0.15) is 27.2 Å². The van der Waals surface area contributed by atoms with Crippen molar-refractivity contribution in [2.75, 3.05) is 0 Å². The Bertz CT molecular complexity index is 94.7. The second-order valence-corrected chi connectivity index (χ2v) is 3.00. The van der Waals surface area contributed by atoms with Crippen LogP contribution >= 0.6 is 0 Å². The van der Waals surface area contributed by atoms with Gasteiger partial charge in [-0.1, -0.05) is 12.5 Å². The van der Waals surface area contributed by atoms with E-state index >= 15 is 0 Å². The summed E-state index contributed by atoms with van der Waals surface area (Å²) in [6, 6.07) is 0.293. The van der Waals surface area contributed by atoms with Crippen molar-refractivity contribution in [1.82, 2.24) is 0 Å². The van der Waals surface area contributed by atoms with Gasteiger partial charge in [-0.25, -0.2) is 0 Å². The molecule has 0 heterocycles. The van der Waals surface area contributed by atoms with Crippen LogP contribution in [0.4, 0.5) is 0 Å². The quantitative estimate of drug-likeness (QED) is 0.576. The van der Waals surface area contributed by atoms with E-state index in [0.29, 0.717) is 12.0 Å². The van der Waals surface area contributed by atoms with Gasteiger partial charge in [-0.05, 0) is 26.2 Å². The van der Waals surface area contributed by atoms with E-state index in [-0.39, 0.29) is 0 Å². The lowest BCUT2D eigenvalue weighted by Crippen LogP contribution is -2.24. The molecule has 0 aliphatic heterocycles. The Morgan fingerprint density at radius 1 is 1.56 bits per heavy atom. The van der Waals surface area contributed by atoms with Crippen LogP contribution in [0.25, 0.3) is 0 Å². The summed E-state index contributed by atoms with van der Waals surface area (Å²) in [7, 11) is 0. The third-order valence-corrected chi connectivity index (χ3v) is 1.57. The highest BCUT2D eigenvalue weighted by molar-refractivity contribution is 4.90. The van der Waals surface area contributed by atoms with Gasteiger partial charge in [0.15, 0.2) is 0 Å². The molecule has 0 aromatic carbocycles. The van der Waals surface area contributed by atoms with E-state index in [1.165, 1.54) is 5.57 Å². The lowest BCUT2D eigenvalue weighted by atomic mass is 9.97. The Morgan fingerprint density at radius 3 is 2.11 bits per heavy atom. The number of hydrogen-bond acceptors (Lipinski definition) is 1. The van der Waals surface area contributed by atoms with Crippen LogP contribution in [0.3, 0.4) is 0 Å². The molecule has 1 nitrogen and oxygen atoms in total. The lowest BCUT2D eigenvalue weighted by Gasteiger charge is -2.14. The fraction of sp³-hybridized carbons (Fsp3) is 0.750. The molecule has 0 rings (SSSR count). The van der Waals surface area contributed by atoms with E-state index in [1.807, 2.05) is 13.8 Å². The fourth-order valence-electron chi connectivity index (χ4n) is 0.736. The zero-order chi connectivity index (χ0) is 7.44. The summed E-state index contributed by atoms with van der Waals surface area (Å²) in [5, 5.41) is 0. The van der Waals surface area contributed by atoms with Crippen LogP contribution in [0.5, 0.6) is 0 Å². The molecule has 0 saturated heterocycles. The molecule has 54 valence electrons. The zero-order valence-corrected chi connectivity index (χ0v) is 6.65. The molecule has 9 heavy (non-hydrogen) atoms. The summed E-state index contributed by atoms with van der Waals surface area (Å²) >= 11 is 0. The predicted molar refractivity (Wildman–Crippen MR) is 42.2 cm³/mol. The first-order valence-electron chi connectivity index (χ1n) is 3.44. The van der Waals surface area contributed by atoms with E-state index in [0.717, 1.165) is 6.42 Å². The predicted octanol–water partition coefficient (Wildman–Crippen LogP) is 1.94. The smallest absolute Gasteiger partial charge is 0.00391 e. The Kier molecular flexibility index (Phi) is 3.55. The van der Waals surface area contributed by atoms with Crippen LogP contribution in [0, 0.1) is 5.92 Å². The number of hydrogen-bond donors (Lipinski definition) is 1. The van der Waals surface area contributed by atoms with Gasteiger partial charge in [0, 0.05) is 6.04 Å². The number of allylic oxidation sites excluding steroid dienone is 1. The fourth-order valence-corrected chi connectivity index (χ4v) is 0.736. The van der Waals surface area contributed by atoms with Gasteiger partial charge in [-0.3, -0.25) is 0 Å². The van der Waals surface area contributed by atoms with E-state index in [1.54, 1.807) is 0 Å². The van der Waals surface area contributed by atoms with Gasteiger partial charge in [0.25, 0.3) is 0 Å². The first-order valence-corrected chi connectivity index (χ1v) is 3.44. The Morgan fingerprint density at radius 2 is 2.00 bits per heavy atom.